The Balaban J connectivity index is 2.95. The van der Waals surface area contributed by atoms with Gasteiger partial charge < -0.3 is 0 Å². The Morgan fingerprint density at radius 2 is 1.79 bits per heavy atom. The maximum atomic E-state index is 11.5. The number of hydrogen-bond donors (Lipinski definition) is 2. The van der Waals surface area contributed by atoms with Crippen LogP contribution in [0.2, 0.25) is 5.02 Å². The highest BCUT2D eigenvalue weighted by Crippen LogP contribution is 2.26. The van der Waals surface area contributed by atoms with Crippen LogP contribution in [0.1, 0.15) is 0 Å². The van der Waals surface area contributed by atoms with Crippen molar-refractivity contribution in [1.82, 2.24) is 0 Å². The lowest BCUT2D eigenvalue weighted by molar-refractivity contribution is 0.602. The molecule has 0 fully saturated rings. The topological polar surface area (TPSA) is 92.3 Å². The molecule has 2 N–H and O–H groups in total. The van der Waals surface area contributed by atoms with Crippen molar-refractivity contribution in [3.63, 3.8) is 0 Å². The van der Waals surface area contributed by atoms with E-state index in [2.05, 4.69) is 9.44 Å². The van der Waals surface area contributed by atoms with Crippen LogP contribution in [0.5, 0.6) is 0 Å². The van der Waals surface area contributed by atoms with Gasteiger partial charge in [0.15, 0.2) is 0 Å². The van der Waals surface area contributed by atoms with E-state index in [-0.39, 0.29) is 28.0 Å². The number of alkyl halides is 1. The average molecular weight is 347 g/mol. The van der Waals surface area contributed by atoms with Crippen LogP contribution in [0.15, 0.2) is 18.2 Å². The molecule has 0 unspecified atom stereocenters. The highest BCUT2D eigenvalue weighted by molar-refractivity contribution is 7.92. The molecule has 0 bridgehead atoms. The van der Waals surface area contributed by atoms with Gasteiger partial charge in [-0.15, -0.1) is 11.6 Å². The van der Waals surface area contributed by atoms with Crippen LogP contribution in [0, 0.1) is 0 Å². The van der Waals surface area contributed by atoms with Gasteiger partial charge in [-0.05, 0) is 18.2 Å². The molecular formula is C9H12Cl2N2O4S2. The predicted molar refractivity (Wildman–Crippen MR) is 78.0 cm³/mol. The SMILES string of the molecule is CS(=O)(=O)Nc1ccc(NS(=O)(=O)CCCl)cc1Cl. The quantitative estimate of drug-likeness (QED) is 0.766. The summed E-state index contributed by atoms with van der Waals surface area (Å²) in [4.78, 5) is 0. The maximum absolute atomic E-state index is 11.5. The lowest BCUT2D eigenvalue weighted by Gasteiger charge is -2.10. The minimum Gasteiger partial charge on any atom is -0.283 e. The fourth-order valence-electron chi connectivity index (χ4n) is 1.19. The van der Waals surface area contributed by atoms with Gasteiger partial charge in [-0.1, -0.05) is 11.6 Å². The minimum atomic E-state index is -3.53. The van der Waals surface area contributed by atoms with Crippen molar-refractivity contribution in [3.8, 4) is 0 Å². The second-order valence-electron chi connectivity index (χ2n) is 3.68. The molecule has 0 spiro atoms. The molecule has 108 valence electrons. The number of halogens is 2. The van der Waals surface area contributed by atoms with Gasteiger partial charge in [-0.3, -0.25) is 9.44 Å². The summed E-state index contributed by atoms with van der Waals surface area (Å²) in [6.45, 7) is 0. The van der Waals surface area contributed by atoms with Gasteiger partial charge in [0.1, 0.15) is 0 Å². The molecule has 0 radical (unpaired) electrons. The Kier molecular flexibility index (Phi) is 5.31. The van der Waals surface area contributed by atoms with Crippen molar-refractivity contribution in [2.24, 2.45) is 0 Å². The van der Waals surface area contributed by atoms with E-state index < -0.39 is 20.0 Å². The third kappa shape index (κ3) is 5.85. The van der Waals surface area contributed by atoms with E-state index in [0.29, 0.717) is 0 Å². The van der Waals surface area contributed by atoms with Crippen molar-refractivity contribution < 1.29 is 16.8 Å². The Hall–Kier alpha value is -0.700. The third-order valence-electron chi connectivity index (χ3n) is 1.88. The summed E-state index contributed by atoms with van der Waals surface area (Å²) in [6.07, 6.45) is 0.987. The Bertz CT molecular complexity index is 659. The molecule has 0 saturated heterocycles. The number of benzene rings is 1. The number of hydrogen-bond acceptors (Lipinski definition) is 4. The van der Waals surface area contributed by atoms with Crippen LogP contribution in [0.4, 0.5) is 11.4 Å². The van der Waals surface area contributed by atoms with E-state index in [9.17, 15) is 16.8 Å². The number of sulfonamides is 2. The first kappa shape index (κ1) is 16.4. The summed E-state index contributed by atoms with van der Waals surface area (Å²) in [7, 11) is -6.98. The van der Waals surface area contributed by atoms with Crippen molar-refractivity contribution in [2.75, 3.05) is 27.3 Å². The molecule has 0 aliphatic rings. The predicted octanol–water partition coefficient (Wildman–Crippen LogP) is 1.69. The van der Waals surface area contributed by atoms with Gasteiger partial charge in [-0.25, -0.2) is 16.8 Å². The molecule has 0 heterocycles. The highest BCUT2D eigenvalue weighted by atomic mass is 35.5. The van der Waals surface area contributed by atoms with Crippen molar-refractivity contribution in [3.05, 3.63) is 23.2 Å². The number of nitrogens with one attached hydrogen (secondary N) is 2. The zero-order valence-electron chi connectivity index (χ0n) is 9.85. The zero-order chi connectivity index (χ0) is 14.7. The molecule has 0 atom stereocenters. The van der Waals surface area contributed by atoms with Gasteiger partial charge in [0, 0.05) is 5.88 Å². The van der Waals surface area contributed by atoms with E-state index in [1.165, 1.54) is 18.2 Å². The molecular weight excluding hydrogens is 335 g/mol. The average Bonchev–Trinajstić information content (AvgIpc) is 2.19. The van der Waals surface area contributed by atoms with Crippen molar-refractivity contribution in [2.45, 2.75) is 0 Å². The molecule has 0 aliphatic heterocycles. The molecule has 0 aliphatic carbocycles. The molecule has 1 aromatic rings. The summed E-state index contributed by atoms with van der Waals surface area (Å²) < 4.78 is 49.5. The molecule has 6 nitrogen and oxygen atoms in total. The highest BCUT2D eigenvalue weighted by Gasteiger charge is 2.12. The van der Waals surface area contributed by atoms with Crippen LogP contribution >= 0.6 is 23.2 Å². The van der Waals surface area contributed by atoms with Crippen LogP contribution in [-0.4, -0.2) is 34.7 Å². The monoisotopic (exact) mass is 346 g/mol. The van der Waals surface area contributed by atoms with E-state index in [4.69, 9.17) is 23.2 Å². The van der Waals surface area contributed by atoms with Gasteiger partial charge in [0.05, 0.1) is 28.4 Å². The van der Waals surface area contributed by atoms with E-state index in [0.717, 1.165) is 6.26 Å². The molecule has 10 heteroatoms. The van der Waals surface area contributed by atoms with E-state index in [1.807, 2.05) is 0 Å². The van der Waals surface area contributed by atoms with Gasteiger partial charge in [0.25, 0.3) is 0 Å². The second-order valence-corrected chi connectivity index (χ2v) is 8.05. The Morgan fingerprint density at radius 3 is 2.26 bits per heavy atom. The van der Waals surface area contributed by atoms with Crippen LogP contribution in [0.3, 0.4) is 0 Å². The normalized spacial score (nSPS) is 12.2. The van der Waals surface area contributed by atoms with Gasteiger partial charge >= 0.3 is 0 Å². The molecule has 1 aromatic carbocycles. The Labute approximate surface area is 122 Å². The lowest BCUT2D eigenvalue weighted by Crippen LogP contribution is -2.17. The van der Waals surface area contributed by atoms with E-state index >= 15 is 0 Å². The van der Waals surface area contributed by atoms with Crippen LogP contribution < -0.4 is 9.44 Å². The fourth-order valence-corrected chi connectivity index (χ4v) is 3.46. The van der Waals surface area contributed by atoms with Crippen LogP contribution in [0.25, 0.3) is 0 Å². The summed E-state index contributed by atoms with van der Waals surface area (Å²) >= 11 is 11.2. The third-order valence-corrected chi connectivity index (χ3v) is 4.49. The van der Waals surface area contributed by atoms with E-state index in [1.54, 1.807) is 0 Å². The second kappa shape index (κ2) is 6.17. The first-order chi connectivity index (χ1) is 8.63. The molecule has 0 aromatic heterocycles. The smallest absolute Gasteiger partial charge is 0.233 e. The van der Waals surface area contributed by atoms with Gasteiger partial charge in [-0.2, -0.15) is 0 Å². The van der Waals surface area contributed by atoms with Gasteiger partial charge in [0.2, 0.25) is 20.0 Å². The zero-order valence-corrected chi connectivity index (χ0v) is 13.0. The minimum absolute atomic E-state index is 0.0310. The number of anilines is 2. The summed E-state index contributed by atoms with van der Waals surface area (Å²) in [6, 6.07) is 4.06. The first-order valence-corrected chi connectivity index (χ1v) is 9.42. The molecule has 1 rings (SSSR count). The Morgan fingerprint density at radius 1 is 1.16 bits per heavy atom. The lowest BCUT2D eigenvalue weighted by atomic mass is 10.3. The summed E-state index contributed by atoms with van der Waals surface area (Å²) in [5, 5.41) is 0.0801. The fraction of sp³-hybridized carbons (Fsp3) is 0.333. The number of rotatable bonds is 6. The summed E-state index contributed by atoms with van der Waals surface area (Å²) in [5.74, 6) is -0.258. The summed E-state index contributed by atoms with van der Waals surface area (Å²) in [5.41, 5.74) is 0.402. The van der Waals surface area contributed by atoms with Crippen LogP contribution in [-0.2, 0) is 20.0 Å². The van der Waals surface area contributed by atoms with Crippen molar-refractivity contribution >= 4 is 54.6 Å². The standard InChI is InChI=1S/C9H12Cl2N2O4S2/c1-18(14,15)13-9-3-2-7(6-8(9)11)12-19(16,17)5-4-10/h2-3,6,12-13H,4-5H2,1H3. The largest absolute Gasteiger partial charge is 0.283 e. The molecule has 0 saturated carbocycles. The van der Waals surface area contributed by atoms with Crippen molar-refractivity contribution in [1.29, 1.82) is 0 Å². The first-order valence-electron chi connectivity index (χ1n) is 4.97. The maximum Gasteiger partial charge on any atom is 0.233 e. The molecule has 0 amide bonds. The molecule has 19 heavy (non-hydrogen) atoms.